The molecule has 1 aliphatic rings. The van der Waals surface area contributed by atoms with Gasteiger partial charge in [-0.05, 0) is 36.0 Å². The van der Waals surface area contributed by atoms with Crippen LogP contribution in [0.5, 0.6) is 5.75 Å². The number of benzene rings is 1. The number of rotatable bonds is 5. The molecule has 122 valence electrons. The van der Waals surface area contributed by atoms with Crippen molar-refractivity contribution in [2.45, 2.75) is 53.2 Å². The van der Waals surface area contributed by atoms with Gasteiger partial charge in [-0.2, -0.15) is 0 Å². The van der Waals surface area contributed by atoms with Crippen molar-refractivity contribution in [2.75, 3.05) is 11.4 Å². The van der Waals surface area contributed by atoms with Crippen molar-refractivity contribution in [1.29, 1.82) is 0 Å². The van der Waals surface area contributed by atoms with E-state index in [2.05, 4.69) is 20.8 Å². The summed E-state index contributed by atoms with van der Waals surface area (Å²) in [5, 5.41) is 0. The third-order valence-electron chi connectivity index (χ3n) is 4.19. The van der Waals surface area contributed by atoms with Crippen LogP contribution in [0.4, 0.5) is 5.69 Å². The first-order valence-corrected chi connectivity index (χ1v) is 8.24. The Labute approximate surface area is 133 Å². The zero-order valence-corrected chi connectivity index (χ0v) is 14.3. The second kappa shape index (κ2) is 6.69. The molecule has 2 N–H and O–H groups in total. The van der Waals surface area contributed by atoms with Crippen molar-refractivity contribution in [3.63, 3.8) is 0 Å². The highest BCUT2D eigenvalue weighted by atomic mass is 16.5. The fourth-order valence-corrected chi connectivity index (χ4v) is 2.77. The highest BCUT2D eigenvalue weighted by Crippen LogP contribution is 2.38. The van der Waals surface area contributed by atoms with E-state index in [9.17, 15) is 4.79 Å². The molecule has 2 atom stereocenters. The predicted molar refractivity (Wildman–Crippen MR) is 90.1 cm³/mol. The smallest absolute Gasteiger partial charge is 0.268 e. The summed E-state index contributed by atoms with van der Waals surface area (Å²) in [4.78, 5) is 14.6. The molecule has 0 fully saturated rings. The number of carbonyl (C=O) groups is 1. The lowest BCUT2D eigenvalue weighted by molar-refractivity contribution is -0.128. The molecular weight excluding hydrogens is 276 g/mol. The van der Waals surface area contributed by atoms with E-state index in [4.69, 9.17) is 10.5 Å². The van der Waals surface area contributed by atoms with Crippen molar-refractivity contribution >= 4 is 11.6 Å². The van der Waals surface area contributed by atoms with Gasteiger partial charge in [-0.1, -0.05) is 40.7 Å². The van der Waals surface area contributed by atoms with E-state index in [0.717, 1.165) is 23.4 Å². The van der Waals surface area contributed by atoms with Crippen molar-refractivity contribution in [3.05, 3.63) is 23.8 Å². The van der Waals surface area contributed by atoms with Gasteiger partial charge >= 0.3 is 0 Å². The lowest BCUT2D eigenvalue weighted by atomic mass is 9.95. The number of ether oxygens (including phenoxy) is 1. The number of fused-ring (bicyclic) bond motifs is 1. The van der Waals surface area contributed by atoms with Gasteiger partial charge < -0.3 is 15.4 Å². The number of anilines is 1. The molecule has 22 heavy (non-hydrogen) atoms. The molecule has 0 saturated heterocycles. The summed E-state index contributed by atoms with van der Waals surface area (Å²) in [6, 6.07) is 5.95. The van der Waals surface area contributed by atoms with Gasteiger partial charge in [0, 0.05) is 12.6 Å². The van der Waals surface area contributed by atoms with Gasteiger partial charge in [0.25, 0.3) is 5.91 Å². The van der Waals surface area contributed by atoms with E-state index >= 15 is 0 Å². The first kappa shape index (κ1) is 16.8. The van der Waals surface area contributed by atoms with Gasteiger partial charge in [0.1, 0.15) is 5.75 Å². The van der Waals surface area contributed by atoms with E-state index in [0.29, 0.717) is 12.5 Å². The van der Waals surface area contributed by atoms with Gasteiger partial charge in [0.05, 0.1) is 5.69 Å². The van der Waals surface area contributed by atoms with Crippen LogP contribution in [0.3, 0.4) is 0 Å². The topological polar surface area (TPSA) is 55.6 Å². The lowest BCUT2D eigenvalue weighted by Gasteiger charge is -2.36. The maximum atomic E-state index is 12.7. The number of hydrogen-bond acceptors (Lipinski definition) is 3. The standard InChI is InChI=1S/C18H28N2O2/c1-6-9-20-14-10-13(16(19)11(2)3)7-8-15(14)22-17(12(4)5)18(20)21/h7-8,10-12,16-17H,6,9,19H2,1-5H3. The molecule has 1 aliphatic heterocycles. The van der Waals surface area contributed by atoms with E-state index < -0.39 is 6.10 Å². The average Bonchev–Trinajstić information content (AvgIpc) is 2.48. The van der Waals surface area contributed by atoms with Crippen LogP contribution in [-0.4, -0.2) is 18.6 Å². The van der Waals surface area contributed by atoms with Gasteiger partial charge in [-0.3, -0.25) is 4.79 Å². The molecule has 4 nitrogen and oxygen atoms in total. The van der Waals surface area contributed by atoms with Crippen LogP contribution < -0.4 is 15.4 Å². The molecule has 0 aliphatic carbocycles. The third kappa shape index (κ3) is 3.12. The molecule has 2 unspecified atom stereocenters. The molecular formula is C18H28N2O2. The molecule has 0 bridgehead atoms. The Bertz CT molecular complexity index is 540. The second-order valence-corrected chi connectivity index (χ2v) is 6.77. The monoisotopic (exact) mass is 304 g/mol. The minimum Gasteiger partial charge on any atom is -0.478 e. The molecule has 0 spiro atoms. The molecule has 4 heteroatoms. The SMILES string of the molecule is CCCN1C(=O)C(C(C)C)Oc2ccc(C(N)C(C)C)cc21. The van der Waals surface area contributed by atoms with E-state index in [-0.39, 0.29) is 17.9 Å². The van der Waals surface area contributed by atoms with Crippen LogP contribution in [0.15, 0.2) is 18.2 Å². The maximum Gasteiger partial charge on any atom is 0.268 e. The zero-order valence-electron chi connectivity index (χ0n) is 14.3. The Hall–Kier alpha value is -1.55. The Morgan fingerprint density at radius 1 is 1.27 bits per heavy atom. The fourth-order valence-electron chi connectivity index (χ4n) is 2.77. The number of carbonyl (C=O) groups excluding carboxylic acids is 1. The largest absolute Gasteiger partial charge is 0.478 e. The molecule has 0 aromatic heterocycles. The van der Waals surface area contributed by atoms with Gasteiger partial charge in [0.2, 0.25) is 0 Å². The number of nitrogens with zero attached hydrogens (tertiary/aromatic N) is 1. The van der Waals surface area contributed by atoms with Crippen LogP contribution in [0.1, 0.15) is 52.6 Å². The maximum absolute atomic E-state index is 12.7. The number of hydrogen-bond donors (Lipinski definition) is 1. The summed E-state index contributed by atoms with van der Waals surface area (Å²) in [7, 11) is 0. The van der Waals surface area contributed by atoms with Crippen LogP contribution in [0.25, 0.3) is 0 Å². The van der Waals surface area contributed by atoms with Gasteiger partial charge in [-0.25, -0.2) is 0 Å². The van der Waals surface area contributed by atoms with E-state index in [1.54, 1.807) is 0 Å². The normalized spacial score (nSPS) is 19.4. The lowest BCUT2D eigenvalue weighted by Crippen LogP contribution is -2.48. The fraction of sp³-hybridized carbons (Fsp3) is 0.611. The van der Waals surface area contributed by atoms with Crippen LogP contribution >= 0.6 is 0 Å². The summed E-state index contributed by atoms with van der Waals surface area (Å²) in [5.74, 6) is 1.34. The minimum absolute atomic E-state index is 0.0355. The summed E-state index contributed by atoms with van der Waals surface area (Å²) < 4.78 is 5.95. The molecule has 1 heterocycles. The van der Waals surface area contributed by atoms with Crippen molar-refractivity contribution in [2.24, 2.45) is 17.6 Å². The third-order valence-corrected chi connectivity index (χ3v) is 4.19. The molecule has 2 rings (SSSR count). The minimum atomic E-state index is -0.399. The van der Waals surface area contributed by atoms with E-state index in [1.165, 1.54) is 0 Å². The molecule has 1 amide bonds. The molecule has 1 aromatic carbocycles. The highest BCUT2D eigenvalue weighted by Gasteiger charge is 2.36. The Balaban J connectivity index is 2.44. The molecule has 0 saturated carbocycles. The first-order valence-electron chi connectivity index (χ1n) is 8.24. The Morgan fingerprint density at radius 2 is 1.95 bits per heavy atom. The molecule has 0 radical (unpaired) electrons. The van der Waals surface area contributed by atoms with Gasteiger partial charge in [-0.15, -0.1) is 0 Å². The van der Waals surface area contributed by atoms with Crippen LogP contribution in [0.2, 0.25) is 0 Å². The van der Waals surface area contributed by atoms with Crippen molar-refractivity contribution in [1.82, 2.24) is 0 Å². The predicted octanol–water partition coefficient (Wildman–Crippen LogP) is 3.50. The Kier molecular flexibility index (Phi) is 5.12. The summed E-state index contributed by atoms with van der Waals surface area (Å²) >= 11 is 0. The first-order chi connectivity index (χ1) is 10.4. The Morgan fingerprint density at radius 3 is 2.50 bits per heavy atom. The number of amides is 1. The van der Waals surface area contributed by atoms with Crippen LogP contribution in [0, 0.1) is 11.8 Å². The highest BCUT2D eigenvalue weighted by molar-refractivity contribution is 6.00. The quantitative estimate of drug-likeness (QED) is 0.905. The average molecular weight is 304 g/mol. The van der Waals surface area contributed by atoms with Crippen molar-refractivity contribution < 1.29 is 9.53 Å². The van der Waals surface area contributed by atoms with E-state index in [1.807, 2.05) is 36.9 Å². The summed E-state index contributed by atoms with van der Waals surface area (Å²) in [6.45, 7) is 11.0. The number of nitrogens with two attached hydrogens (primary N) is 1. The van der Waals surface area contributed by atoms with Gasteiger partial charge in [0.15, 0.2) is 6.10 Å². The summed E-state index contributed by atoms with van der Waals surface area (Å²) in [6.07, 6.45) is 0.514. The second-order valence-electron chi connectivity index (χ2n) is 6.77. The zero-order chi connectivity index (χ0) is 16.4. The molecule has 1 aromatic rings. The van der Waals surface area contributed by atoms with Crippen molar-refractivity contribution in [3.8, 4) is 5.75 Å². The summed E-state index contributed by atoms with van der Waals surface area (Å²) in [5.41, 5.74) is 8.17. The van der Waals surface area contributed by atoms with Crippen LogP contribution in [-0.2, 0) is 4.79 Å².